The molecule has 0 spiro atoms. The number of nitrogens with zero attached hydrogens (tertiary/aromatic N) is 1. The van der Waals surface area contributed by atoms with Gasteiger partial charge in [-0.05, 0) is 36.6 Å². The third-order valence-electron chi connectivity index (χ3n) is 2.19. The van der Waals surface area contributed by atoms with Gasteiger partial charge in [-0.15, -0.1) is 0 Å². The number of aliphatic imine (C=N–C) groups is 1. The maximum atomic E-state index is 10.2. The lowest BCUT2D eigenvalue weighted by atomic mass is 10.00. The van der Waals surface area contributed by atoms with Crippen molar-refractivity contribution in [1.82, 2.24) is 0 Å². The second-order valence-corrected chi connectivity index (χ2v) is 3.58. The van der Waals surface area contributed by atoms with Gasteiger partial charge in [0, 0.05) is 5.02 Å². The predicted octanol–water partition coefficient (Wildman–Crippen LogP) is 3.44. The number of halogens is 1. The van der Waals surface area contributed by atoms with Crippen molar-refractivity contribution < 1.29 is 4.79 Å². The van der Waals surface area contributed by atoms with E-state index in [9.17, 15) is 4.79 Å². The highest BCUT2D eigenvalue weighted by molar-refractivity contribution is 6.30. The molecule has 1 aromatic carbocycles. The van der Waals surface area contributed by atoms with Gasteiger partial charge >= 0.3 is 0 Å². The number of hydrogen-bond donors (Lipinski definition) is 0. The average molecular weight is 210 g/mol. The summed E-state index contributed by atoms with van der Waals surface area (Å²) in [5, 5.41) is 0.705. The van der Waals surface area contributed by atoms with E-state index in [0.29, 0.717) is 5.02 Å². The molecule has 0 fully saturated rings. The monoisotopic (exact) mass is 209 g/mol. The van der Waals surface area contributed by atoms with Crippen LogP contribution >= 0.6 is 11.6 Å². The van der Waals surface area contributed by atoms with Crippen molar-refractivity contribution in [2.45, 2.75) is 26.3 Å². The van der Waals surface area contributed by atoms with Crippen LogP contribution in [0, 0.1) is 6.92 Å². The summed E-state index contributed by atoms with van der Waals surface area (Å²) >= 11 is 5.83. The molecule has 1 rings (SSSR count). The van der Waals surface area contributed by atoms with Gasteiger partial charge in [-0.25, -0.2) is 4.79 Å². The van der Waals surface area contributed by atoms with Crippen LogP contribution in [0.3, 0.4) is 0 Å². The van der Waals surface area contributed by atoms with Crippen LogP contribution in [0.1, 0.15) is 30.5 Å². The maximum absolute atomic E-state index is 10.2. The number of isocyanates is 1. The Morgan fingerprint density at radius 2 is 2.29 bits per heavy atom. The molecule has 2 nitrogen and oxygen atoms in total. The minimum absolute atomic E-state index is 0.0928. The molecular weight excluding hydrogens is 198 g/mol. The zero-order valence-corrected chi connectivity index (χ0v) is 9.01. The van der Waals surface area contributed by atoms with Crippen LogP contribution in [-0.2, 0) is 4.79 Å². The number of benzene rings is 1. The molecule has 0 heterocycles. The molecule has 14 heavy (non-hydrogen) atoms. The first-order valence-corrected chi connectivity index (χ1v) is 4.89. The Morgan fingerprint density at radius 3 is 2.79 bits per heavy atom. The quantitative estimate of drug-likeness (QED) is 0.554. The summed E-state index contributed by atoms with van der Waals surface area (Å²) in [5.74, 6) is 0. The van der Waals surface area contributed by atoms with Gasteiger partial charge in [0.1, 0.15) is 0 Å². The zero-order valence-electron chi connectivity index (χ0n) is 8.25. The molecule has 0 saturated carbocycles. The molecule has 0 aliphatic heterocycles. The molecule has 0 aliphatic carbocycles. The summed E-state index contributed by atoms with van der Waals surface area (Å²) in [7, 11) is 0. The molecule has 0 unspecified atom stereocenters. The first kappa shape index (κ1) is 11.0. The van der Waals surface area contributed by atoms with E-state index >= 15 is 0 Å². The van der Waals surface area contributed by atoms with E-state index in [2.05, 4.69) is 4.99 Å². The fraction of sp³-hybridized carbons (Fsp3) is 0.364. The Morgan fingerprint density at radius 1 is 1.57 bits per heavy atom. The van der Waals surface area contributed by atoms with Crippen LogP contribution < -0.4 is 0 Å². The minimum atomic E-state index is -0.0928. The highest BCUT2D eigenvalue weighted by Crippen LogP contribution is 2.25. The Hall–Kier alpha value is -1.11. The van der Waals surface area contributed by atoms with Crippen molar-refractivity contribution in [1.29, 1.82) is 0 Å². The van der Waals surface area contributed by atoms with Crippen LogP contribution in [0.15, 0.2) is 23.2 Å². The van der Waals surface area contributed by atoms with Crippen LogP contribution in [0.4, 0.5) is 0 Å². The average Bonchev–Trinajstić information content (AvgIpc) is 2.15. The van der Waals surface area contributed by atoms with E-state index in [1.807, 2.05) is 32.0 Å². The summed E-state index contributed by atoms with van der Waals surface area (Å²) in [6, 6.07) is 5.50. The summed E-state index contributed by atoms with van der Waals surface area (Å²) in [6.45, 7) is 3.95. The van der Waals surface area contributed by atoms with E-state index in [1.54, 1.807) is 6.08 Å². The lowest BCUT2D eigenvalue weighted by molar-refractivity contribution is 0.555. The van der Waals surface area contributed by atoms with E-state index < -0.39 is 0 Å². The van der Waals surface area contributed by atoms with Crippen LogP contribution in [0.25, 0.3) is 0 Å². The van der Waals surface area contributed by atoms with Crippen molar-refractivity contribution >= 4 is 17.7 Å². The molecule has 0 saturated heterocycles. The van der Waals surface area contributed by atoms with Crippen molar-refractivity contribution in [2.75, 3.05) is 0 Å². The largest absolute Gasteiger partial charge is 0.235 e. The van der Waals surface area contributed by atoms with E-state index in [1.165, 1.54) is 0 Å². The minimum Gasteiger partial charge on any atom is -0.211 e. The molecule has 74 valence electrons. The number of rotatable bonds is 3. The molecule has 0 aromatic heterocycles. The summed E-state index contributed by atoms with van der Waals surface area (Å²) in [6.07, 6.45) is 2.39. The molecule has 1 atom stereocenters. The highest BCUT2D eigenvalue weighted by Gasteiger charge is 2.10. The zero-order chi connectivity index (χ0) is 10.6. The van der Waals surface area contributed by atoms with Crippen molar-refractivity contribution in [3.63, 3.8) is 0 Å². The summed E-state index contributed by atoms with van der Waals surface area (Å²) < 4.78 is 0. The van der Waals surface area contributed by atoms with Crippen LogP contribution in [-0.4, -0.2) is 6.08 Å². The molecule has 0 amide bonds. The SMILES string of the molecule is CC[C@@H](N=C=O)c1ccc(Cl)cc1C. The first-order chi connectivity index (χ1) is 6.69. The van der Waals surface area contributed by atoms with E-state index in [-0.39, 0.29) is 6.04 Å². The fourth-order valence-corrected chi connectivity index (χ4v) is 1.68. The summed E-state index contributed by atoms with van der Waals surface area (Å²) in [4.78, 5) is 14.0. The topological polar surface area (TPSA) is 29.4 Å². The van der Waals surface area contributed by atoms with Gasteiger partial charge in [0.2, 0.25) is 6.08 Å². The maximum Gasteiger partial charge on any atom is 0.235 e. The number of carbonyl (C=O) groups excluding carboxylic acids is 1. The molecule has 3 heteroatoms. The standard InChI is InChI=1S/C11H12ClNO/c1-3-11(13-7-14)10-5-4-9(12)6-8(10)2/h4-6,11H,3H2,1-2H3/t11-/m1/s1. The van der Waals surface area contributed by atoms with Crippen molar-refractivity contribution in [3.05, 3.63) is 34.3 Å². The van der Waals surface area contributed by atoms with Gasteiger partial charge in [0.05, 0.1) is 6.04 Å². The van der Waals surface area contributed by atoms with Crippen molar-refractivity contribution in [2.24, 2.45) is 4.99 Å². The normalized spacial score (nSPS) is 11.9. The van der Waals surface area contributed by atoms with E-state index in [4.69, 9.17) is 11.6 Å². The fourth-order valence-electron chi connectivity index (χ4n) is 1.46. The molecule has 0 N–H and O–H groups in total. The Kier molecular flexibility index (Phi) is 3.87. The molecule has 0 bridgehead atoms. The lowest BCUT2D eigenvalue weighted by Crippen LogP contribution is -1.96. The Balaban J connectivity index is 3.10. The smallest absolute Gasteiger partial charge is 0.211 e. The number of aryl methyl sites for hydroxylation is 1. The predicted molar refractivity (Wildman–Crippen MR) is 57.3 cm³/mol. The van der Waals surface area contributed by atoms with E-state index in [0.717, 1.165) is 17.5 Å². The molecule has 0 radical (unpaired) electrons. The Bertz CT molecular complexity index is 370. The molecular formula is C11H12ClNO. The summed E-state index contributed by atoms with van der Waals surface area (Å²) in [5.41, 5.74) is 2.10. The second-order valence-electron chi connectivity index (χ2n) is 3.15. The molecule has 0 aliphatic rings. The third kappa shape index (κ3) is 2.44. The highest BCUT2D eigenvalue weighted by atomic mass is 35.5. The van der Waals surface area contributed by atoms with Gasteiger partial charge in [0.25, 0.3) is 0 Å². The second kappa shape index (κ2) is 4.94. The number of hydrogen-bond acceptors (Lipinski definition) is 2. The first-order valence-electron chi connectivity index (χ1n) is 4.52. The lowest BCUT2D eigenvalue weighted by Gasteiger charge is -2.11. The van der Waals surface area contributed by atoms with Gasteiger partial charge in [-0.3, -0.25) is 0 Å². The van der Waals surface area contributed by atoms with Gasteiger partial charge in [-0.2, -0.15) is 4.99 Å². The van der Waals surface area contributed by atoms with Crippen LogP contribution in [0.5, 0.6) is 0 Å². The van der Waals surface area contributed by atoms with Crippen LogP contribution in [0.2, 0.25) is 5.02 Å². The third-order valence-corrected chi connectivity index (χ3v) is 2.42. The van der Waals surface area contributed by atoms with Gasteiger partial charge in [-0.1, -0.05) is 24.6 Å². The van der Waals surface area contributed by atoms with Gasteiger partial charge < -0.3 is 0 Å². The Labute approximate surface area is 88.6 Å². The molecule has 1 aromatic rings. The van der Waals surface area contributed by atoms with Gasteiger partial charge in [0.15, 0.2) is 0 Å². The van der Waals surface area contributed by atoms with Crippen molar-refractivity contribution in [3.8, 4) is 0 Å².